The first-order valence-electron chi connectivity index (χ1n) is 24.5. The summed E-state index contributed by atoms with van der Waals surface area (Å²) in [5.74, 6) is 1.10. The van der Waals surface area contributed by atoms with Crippen LogP contribution in [0.2, 0.25) is 0 Å². The molecule has 7 nitrogen and oxygen atoms in total. The van der Waals surface area contributed by atoms with Gasteiger partial charge < -0.3 is 9.13 Å². The number of nitriles is 2. The molecule has 0 amide bonds. The van der Waals surface area contributed by atoms with Crippen molar-refractivity contribution in [2.45, 2.75) is 6.18 Å². The first-order chi connectivity index (χ1) is 37.2. The van der Waals surface area contributed by atoms with Crippen LogP contribution >= 0.6 is 0 Å². The third kappa shape index (κ3) is 7.81. The van der Waals surface area contributed by atoms with Gasteiger partial charge in [0.2, 0.25) is 0 Å². The number of halogens is 3. The minimum absolute atomic E-state index is 0.0446. The van der Waals surface area contributed by atoms with E-state index in [1.54, 1.807) is 24.3 Å². The molecule has 0 N–H and O–H groups in total. The van der Waals surface area contributed by atoms with Gasteiger partial charge in [0.25, 0.3) is 0 Å². The van der Waals surface area contributed by atoms with E-state index >= 15 is 13.2 Å². The molecule has 10 aromatic carbocycles. The van der Waals surface area contributed by atoms with Crippen LogP contribution in [0.15, 0.2) is 231 Å². The van der Waals surface area contributed by atoms with Crippen molar-refractivity contribution in [3.05, 3.63) is 247 Å². The number of fused-ring (bicyclic) bond motifs is 6. The fraction of sp³-hybridized carbons (Fsp3) is 0.0152. The zero-order valence-electron chi connectivity index (χ0n) is 40.2. The van der Waals surface area contributed by atoms with Crippen LogP contribution in [0.1, 0.15) is 16.7 Å². The molecule has 0 radical (unpaired) electrons. The summed E-state index contributed by atoms with van der Waals surface area (Å²) in [7, 11) is 0. The lowest BCUT2D eigenvalue weighted by Crippen LogP contribution is -2.11. The summed E-state index contributed by atoms with van der Waals surface area (Å²) in [6.07, 6.45) is -4.82. The van der Waals surface area contributed by atoms with Crippen LogP contribution in [0.5, 0.6) is 0 Å². The number of benzene rings is 10. The molecule has 0 atom stereocenters. The summed E-state index contributed by atoms with van der Waals surface area (Å²) in [6, 6.07) is 76.0. The summed E-state index contributed by atoms with van der Waals surface area (Å²) in [6.45, 7) is 0. The number of alkyl halides is 3. The van der Waals surface area contributed by atoms with Crippen molar-refractivity contribution in [3.8, 4) is 91.1 Å². The van der Waals surface area contributed by atoms with E-state index in [2.05, 4.69) is 18.2 Å². The van der Waals surface area contributed by atoms with Gasteiger partial charge in [-0.15, -0.1) is 0 Å². The van der Waals surface area contributed by atoms with Gasteiger partial charge in [0, 0.05) is 49.4 Å². The molecule has 0 fully saturated rings. The number of aromatic nitrogens is 5. The number of nitrogens with zero attached hydrogens (tertiary/aromatic N) is 7. The molecule has 0 aliphatic heterocycles. The molecule has 13 rings (SSSR count). The molecule has 10 heteroatoms. The minimum atomic E-state index is -4.82. The lowest BCUT2D eigenvalue weighted by atomic mass is 9.93. The number of rotatable bonds is 8. The zero-order chi connectivity index (χ0) is 51.5. The largest absolute Gasteiger partial charge is 0.417 e. The Balaban J connectivity index is 1.13. The van der Waals surface area contributed by atoms with Crippen molar-refractivity contribution in [3.63, 3.8) is 0 Å². The first kappa shape index (κ1) is 45.4. The van der Waals surface area contributed by atoms with E-state index in [0.29, 0.717) is 50.7 Å². The maximum Gasteiger partial charge on any atom is 0.417 e. The number of hydrogen-bond donors (Lipinski definition) is 0. The van der Waals surface area contributed by atoms with Crippen LogP contribution in [0.25, 0.3) is 123 Å². The van der Waals surface area contributed by atoms with Crippen molar-refractivity contribution in [2.24, 2.45) is 0 Å². The van der Waals surface area contributed by atoms with Crippen LogP contribution in [0, 0.1) is 22.7 Å². The average Bonchev–Trinajstić information content (AvgIpc) is 4.14. The molecule has 0 aliphatic rings. The summed E-state index contributed by atoms with van der Waals surface area (Å²) in [5.41, 5.74) is 9.66. The van der Waals surface area contributed by atoms with E-state index in [-0.39, 0.29) is 17.0 Å². The second-order valence-electron chi connectivity index (χ2n) is 18.5. The predicted octanol–water partition coefficient (Wildman–Crippen LogP) is 16.8. The summed E-state index contributed by atoms with van der Waals surface area (Å²) >= 11 is 0. The van der Waals surface area contributed by atoms with Gasteiger partial charge in [-0.05, 0) is 113 Å². The third-order valence-corrected chi connectivity index (χ3v) is 14.0. The Morgan fingerprint density at radius 1 is 0.342 bits per heavy atom. The van der Waals surface area contributed by atoms with Crippen molar-refractivity contribution in [1.82, 2.24) is 24.1 Å². The summed E-state index contributed by atoms with van der Waals surface area (Å²) < 4.78 is 53.0. The predicted molar refractivity (Wildman–Crippen MR) is 296 cm³/mol. The van der Waals surface area contributed by atoms with Crippen molar-refractivity contribution < 1.29 is 13.2 Å². The van der Waals surface area contributed by atoms with E-state index in [4.69, 9.17) is 15.0 Å². The van der Waals surface area contributed by atoms with E-state index in [9.17, 15) is 10.5 Å². The van der Waals surface area contributed by atoms with Gasteiger partial charge in [-0.1, -0.05) is 140 Å². The van der Waals surface area contributed by atoms with Crippen molar-refractivity contribution in [2.75, 3.05) is 0 Å². The molecule has 76 heavy (non-hydrogen) atoms. The van der Waals surface area contributed by atoms with Crippen LogP contribution in [-0.4, -0.2) is 24.1 Å². The second-order valence-corrected chi connectivity index (χ2v) is 18.5. The highest BCUT2D eigenvalue weighted by atomic mass is 19.4. The Bertz CT molecular complexity index is 4480. The first-order valence-corrected chi connectivity index (χ1v) is 24.5. The topological polar surface area (TPSA) is 96.1 Å². The molecule has 0 aliphatic carbocycles. The third-order valence-electron chi connectivity index (χ3n) is 14.0. The normalized spacial score (nSPS) is 11.6. The van der Waals surface area contributed by atoms with E-state index in [1.165, 1.54) is 6.07 Å². The Kier molecular flexibility index (Phi) is 10.9. The molecule has 3 heterocycles. The molecular formula is C66H38F3N7. The van der Waals surface area contributed by atoms with Gasteiger partial charge in [0.15, 0.2) is 17.5 Å². The van der Waals surface area contributed by atoms with Crippen molar-refractivity contribution in [1.29, 1.82) is 10.5 Å². The van der Waals surface area contributed by atoms with Gasteiger partial charge in [-0.25, -0.2) is 15.0 Å². The van der Waals surface area contributed by atoms with Crippen LogP contribution in [0.4, 0.5) is 13.2 Å². The molecule has 358 valence electrons. The van der Waals surface area contributed by atoms with Crippen LogP contribution in [0.3, 0.4) is 0 Å². The second kappa shape index (κ2) is 18.3. The quantitative estimate of drug-likeness (QED) is 0.151. The highest BCUT2D eigenvalue weighted by molar-refractivity contribution is 6.13. The minimum Gasteiger partial charge on any atom is -0.309 e. The number of hydrogen-bond acceptors (Lipinski definition) is 5. The van der Waals surface area contributed by atoms with Gasteiger partial charge >= 0.3 is 6.18 Å². The van der Waals surface area contributed by atoms with E-state index in [0.717, 1.165) is 72.0 Å². The van der Waals surface area contributed by atoms with Gasteiger partial charge in [-0.2, -0.15) is 23.7 Å². The lowest BCUT2D eigenvalue weighted by molar-refractivity contribution is -0.137. The molecule has 3 aromatic heterocycles. The smallest absolute Gasteiger partial charge is 0.309 e. The Morgan fingerprint density at radius 2 is 0.763 bits per heavy atom. The van der Waals surface area contributed by atoms with Gasteiger partial charge in [0.05, 0.1) is 62.3 Å². The Morgan fingerprint density at radius 3 is 1.28 bits per heavy atom. The van der Waals surface area contributed by atoms with Gasteiger partial charge in [-0.3, -0.25) is 0 Å². The number of para-hydroxylation sites is 2. The molecule has 0 unspecified atom stereocenters. The maximum absolute atomic E-state index is 16.3. The van der Waals surface area contributed by atoms with Crippen molar-refractivity contribution >= 4 is 43.6 Å². The standard InChI is InChI=1S/C66H38F3N7/c67-66(68,69)55-24-13-27-61(76-57-26-10-8-23-51(57)53-37-48(29-32-59(53)76)46-21-12-15-42(35-46)40-71)62(55)54-38-49(65-73-63(43-16-3-1-4-17-43)72-64(74-65)44-18-5-2-6-19-44)30-33-60(54)75-56-25-9-7-22-50(56)52-36-47(28-31-58(52)75)45-20-11-14-41(34-45)39-70/h1-38H. The highest BCUT2D eigenvalue weighted by Gasteiger charge is 2.37. The van der Waals surface area contributed by atoms with E-state index < -0.39 is 11.7 Å². The Hall–Kier alpha value is -10.4. The zero-order valence-corrected chi connectivity index (χ0v) is 40.2. The maximum atomic E-state index is 16.3. The Labute approximate surface area is 433 Å². The molecule has 0 spiro atoms. The summed E-state index contributed by atoms with van der Waals surface area (Å²) in [4.78, 5) is 15.0. The monoisotopic (exact) mass is 985 g/mol. The van der Waals surface area contributed by atoms with Crippen LogP contribution < -0.4 is 0 Å². The molecular weight excluding hydrogens is 948 g/mol. The highest BCUT2D eigenvalue weighted by Crippen LogP contribution is 2.48. The lowest BCUT2D eigenvalue weighted by Gasteiger charge is -2.23. The molecule has 0 bridgehead atoms. The summed E-state index contributed by atoms with van der Waals surface area (Å²) in [5, 5.41) is 23.0. The molecule has 0 saturated heterocycles. The molecule has 0 saturated carbocycles. The average molecular weight is 986 g/mol. The van der Waals surface area contributed by atoms with Crippen LogP contribution in [-0.2, 0) is 6.18 Å². The molecule has 13 aromatic rings. The SMILES string of the molecule is N#Cc1cccc(-c2ccc3c(c2)c2ccccc2n3-c2ccc(-c3nc(-c4ccccc4)nc(-c4ccccc4)n3)cc2-c2c(-n3c4ccccc4c4cc(-c5cccc(C#N)c5)ccc43)cccc2C(F)(F)F)c1. The fourth-order valence-corrected chi connectivity index (χ4v) is 10.6. The fourth-order valence-electron chi connectivity index (χ4n) is 10.6. The van der Waals surface area contributed by atoms with E-state index in [1.807, 2.05) is 197 Å². The van der Waals surface area contributed by atoms with Gasteiger partial charge in [0.1, 0.15) is 0 Å².